The van der Waals surface area contributed by atoms with Crippen molar-refractivity contribution in [3.8, 4) is 11.3 Å². The van der Waals surface area contributed by atoms with Gasteiger partial charge in [-0.25, -0.2) is 4.39 Å². The standard InChI is InChI=1S/C20H21FN4O2/c1-24(12-15-3-5-17(21)6-4-15)14-20(26)25(2)13-18-11-19(23-27-18)16-7-9-22-10-8-16/h3-11H,12-14H2,1-2H3. The van der Waals surface area contributed by atoms with Gasteiger partial charge in [-0.3, -0.25) is 14.7 Å². The molecule has 0 saturated carbocycles. The molecule has 2 aromatic heterocycles. The van der Waals surface area contributed by atoms with Crippen LogP contribution in [0.25, 0.3) is 11.3 Å². The van der Waals surface area contributed by atoms with Crippen LogP contribution in [0.3, 0.4) is 0 Å². The summed E-state index contributed by atoms with van der Waals surface area (Å²) in [6.45, 7) is 1.15. The van der Waals surface area contributed by atoms with Gasteiger partial charge in [0, 0.05) is 37.6 Å². The number of hydrogen-bond acceptors (Lipinski definition) is 5. The molecule has 3 aromatic rings. The van der Waals surface area contributed by atoms with Crippen LogP contribution in [0.1, 0.15) is 11.3 Å². The summed E-state index contributed by atoms with van der Waals surface area (Å²) >= 11 is 0. The lowest BCUT2D eigenvalue weighted by Crippen LogP contribution is -2.35. The number of pyridine rings is 1. The molecule has 0 saturated heterocycles. The zero-order chi connectivity index (χ0) is 19.2. The number of aromatic nitrogens is 2. The molecule has 0 aliphatic rings. The second-order valence-corrected chi connectivity index (χ2v) is 6.46. The Kier molecular flexibility index (Phi) is 5.93. The maximum Gasteiger partial charge on any atom is 0.236 e. The molecule has 0 atom stereocenters. The Morgan fingerprint density at radius 3 is 2.48 bits per heavy atom. The number of benzene rings is 1. The van der Waals surface area contributed by atoms with Gasteiger partial charge in [0.2, 0.25) is 5.91 Å². The molecular formula is C20H21FN4O2. The molecule has 0 fully saturated rings. The maximum absolute atomic E-state index is 13.0. The van der Waals surface area contributed by atoms with E-state index in [0.29, 0.717) is 24.5 Å². The van der Waals surface area contributed by atoms with Gasteiger partial charge in [-0.15, -0.1) is 0 Å². The minimum atomic E-state index is -0.268. The van der Waals surface area contributed by atoms with E-state index in [4.69, 9.17) is 4.52 Å². The molecule has 0 radical (unpaired) electrons. The Hall–Kier alpha value is -3.06. The van der Waals surface area contributed by atoms with E-state index in [1.807, 2.05) is 30.1 Å². The van der Waals surface area contributed by atoms with Crippen LogP contribution in [0.15, 0.2) is 59.4 Å². The average molecular weight is 368 g/mol. The minimum absolute atomic E-state index is 0.0403. The number of nitrogens with zero attached hydrogens (tertiary/aromatic N) is 4. The molecule has 7 heteroatoms. The van der Waals surface area contributed by atoms with Crippen molar-refractivity contribution >= 4 is 5.91 Å². The summed E-state index contributed by atoms with van der Waals surface area (Å²) in [7, 11) is 3.58. The molecule has 0 aliphatic carbocycles. The monoisotopic (exact) mass is 368 g/mol. The van der Waals surface area contributed by atoms with Gasteiger partial charge in [0.05, 0.1) is 13.1 Å². The Bertz CT molecular complexity index is 881. The Morgan fingerprint density at radius 2 is 1.78 bits per heavy atom. The molecule has 27 heavy (non-hydrogen) atoms. The van der Waals surface area contributed by atoms with Gasteiger partial charge in [0.15, 0.2) is 5.76 Å². The van der Waals surface area contributed by atoms with E-state index in [1.54, 1.807) is 36.5 Å². The van der Waals surface area contributed by atoms with E-state index >= 15 is 0 Å². The van der Waals surface area contributed by atoms with Crippen molar-refractivity contribution in [2.24, 2.45) is 0 Å². The number of hydrogen-bond donors (Lipinski definition) is 0. The van der Waals surface area contributed by atoms with Crippen molar-refractivity contribution in [2.75, 3.05) is 20.6 Å². The van der Waals surface area contributed by atoms with Crippen LogP contribution in [0.5, 0.6) is 0 Å². The van der Waals surface area contributed by atoms with Gasteiger partial charge in [-0.2, -0.15) is 0 Å². The molecule has 140 valence electrons. The van der Waals surface area contributed by atoms with Gasteiger partial charge >= 0.3 is 0 Å². The Morgan fingerprint density at radius 1 is 1.07 bits per heavy atom. The third-order valence-corrected chi connectivity index (χ3v) is 4.12. The minimum Gasteiger partial charge on any atom is -0.359 e. The SMILES string of the molecule is CN(CC(=O)N(C)Cc1cc(-c2ccncc2)no1)Cc1ccc(F)cc1. The molecule has 0 bridgehead atoms. The van der Waals surface area contributed by atoms with Crippen LogP contribution in [0, 0.1) is 5.82 Å². The third-order valence-electron chi connectivity index (χ3n) is 4.12. The molecule has 1 aromatic carbocycles. The van der Waals surface area contributed by atoms with Gasteiger partial charge in [-0.05, 0) is 36.9 Å². The van der Waals surface area contributed by atoms with Crippen molar-refractivity contribution < 1.29 is 13.7 Å². The highest BCUT2D eigenvalue weighted by Crippen LogP contribution is 2.18. The maximum atomic E-state index is 13.0. The number of likely N-dealkylation sites (N-methyl/N-ethyl adjacent to an activating group) is 2. The smallest absolute Gasteiger partial charge is 0.236 e. The van der Waals surface area contributed by atoms with Crippen molar-refractivity contribution in [2.45, 2.75) is 13.1 Å². The first-order valence-electron chi connectivity index (χ1n) is 8.54. The van der Waals surface area contributed by atoms with Crippen LogP contribution >= 0.6 is 0 Å². The van der Waals surface area contributed by atoms with Gasteiger partial charge in [0.25, 0.3) is 0 Å². The fourth-order valence-electron chi connectivity index (χ4n) is 2.68. The molecule has 0 spiro atoms. The van der Waals surface area contributed by atoms with Crippen LogP contribution < -0.4 is 0 Å². The summed E-state index contributed by atoms with van der Waals surface area (Å²) in [5.74, 6) is 0.302. The second-order valence-electron chi connectivity index (χ2n) is 6.46. The summed E-state index contributed by atoms with van der Waals surface area (Å²) in [5, 5.41) is 4.04. The first-order chi connectivity index (χ1) is 13.0. The molecule has 1 amide bonds. The van der Waals surface area contributed by atoms with Crippen LogP contribution in [0.4, 0.5) is 4.39 Å². The van der Waals surface area contributed by atoms with Crippen molar-refractivity contribution in [3.63, 3.8) is 0 Å². The summed E-state index contributed by atoms with van der Waals surface area (Å²) in [6, 6.07) is 11.8. The topological polar surface area (TPSA) is 62.5 Å². The lowest BCUT2D eigenvalue weighted by Gasteiger charge is -2.21. The lowest BCUT2D eigenvalue weighted by atomic mass is 10.2. The number of carbonyl (C=O) groups is 1. The average Bonchev–Trinajstić information content (AvgIpc) is 3.12. The first kappa shape index (κ1) is 18.7. The van der Waals surface area contributed by atoms with Gasteiger partial charge in [0.1, 0.15) is 11.5 Å². The number of halogens is 1. The predicted molar refractivity (Wildman–Crippen MR) is 98.9 cm³/mol. The Labute approximate surface area is 157 Å². The van der Waals surface area contributed by atoms with Crippen molar-refractivity contribution in [3.05, 3.63) is 72.0 Å². The van der Waals surface area contributed by atoms with Crippen molar-refractivity contribution in [1.29, 1.82) is 0 Å². The molecule has 0 N–H and O–H groups in total. The zero-order valence-electron chi connectivity index (χ0n) is 15.3. The molecule has 3 rings (SSSR count). The largest absolute Gasteiger partial charge is 0.359 e. The lowest BCUT2D eigenvalue weighted by molar-refractivity contribution is -0.131. The van der Waals surface area contributed by atoms with Crippen LogP contribution in [0.2, 0.25) is 0 Å². The fraction of sp³-hybridized carbons (Fsp3) is 0.250. The van der Waals surface area contributed by atoms with Gasteiger partial charge < -0.3 is 9.42 Å². The van der Waals surface area contributed by atoms with E-state index in [1.165, 1.54) is 12.1 Å². The summed E-state index contributed by atoms with van der Waals surface area (Å²) in [4.78, 5) is 19.9. The molecule has 0 unspecified atom stereocenters. The van der Waals surface area contributed by atoms with E-state index in [-0.39, 0.29) is 18.3 Å². The number of carbonyl (C=O) groups excluding carboxylic acids is 1. The van der Waals surface area contributed by atoms with Crippen molar-refractivity contribution in [1.82, 2.24) is 19.9 Å². The van der Waals surface area contributed by atoms with Crippen LogP contribution in [-0.4, -0.2) is 46.5 Å². The molecule has 2 heterocycles. The van der Waals surface area contributed by atoms with E-state index < -0.39 is 0 Å². The van der Waals surface area contributed by atoms with E-state index in [2.05, 4.69) is 10.1 Å². The fourth-order valence-corrected chi connectivity index (χ4v) is 2.68. The second kappa shape index (κ2) is 8.55. The first-order valence-corrected chi connectivity index (χ1v) is 8.54. The highest BCUT2D eigenvalue weighted by atomic mass is 19.1. The predicted octanol–water partition coefficient (Wildman–Crippen LogP) is 2.97. The third kappa shape index (κ3) is 5.21. The van der Waals surface area contributed by atoms with Gasteiger partial charge in [-0.1, -0.05) is 17.3 Å². The van der Waals surface area contributed by atoms with Crippen LogP contribution in [-0.2, 0) is 17.9 Å². The quantitative estimate of drug-likeness (QED) is 0.642. The highest BCUT2D eigenvalue weighted by Gasteiger charge is 2.15. The summed E-state index contributed by atoms with van der Waals surface area (Å²) < 4.78 is 18.3. The van der Waals surface area contributed by atoms with E-state index in [0.717, 1.165) is 11.1 Å². The number of amides is 1. The Balaban J connectivity index is 1.53. The molecule has 6 nitrogen and oxygen atoms in total. The van der Waals surface area contributed by atoms with E-state index in [9.17, 15) is 9.18 Å². The summed E-state index contributed by atoms with van der Waals surface area (Å²) in [5.41, 5.74) is 2.57. The highest BCUT2D eigenvalue weighted by molar-refractivity contribution is 5.77. The number of rotatable bonds is 7. The normalized spacial score (nSPS) is 11.0. The zero-order valence-corrected chi connectivity index (χ0v) is 15.3. The molecular weight excluding hydrogens is 347 g/mol. The molecule has 0 aliphatic heterocycles. The summed E-state index contributed by atoms with van der Waals surface area (Å²) in [6.07, 6.45) is 3.38.